The molecule has 1 rings (SSSR count). The smallest absolute Gasteiger partial charge is 0.106 e. The highest BCUT2D eigenvalue weighted by Gasteiger charge is 2.12. The van der Waals surface area contributed by atoms with Crippen LogP contribution in [0.5, 0.6) is 0 Å². The highest BCUT2D eigenvalue weighted by atomic mass is 16.3. The molecule has 0 unspecified atom stereocenters. The number of hydrogen-bond acceptors (Lipinski definition) is 1. The predicted molar refractivity (Wildman–Crippen MR) is 60.6 cm³/mol. The summed E-state index contributed by atoms with van der Waals surface area (Å²) in [4.78, 5) is 0. The average Bonchev–Trinajstić information content (AvgIpc) is 2.47. The number of hydrogen-bond donors (Lipinski definition) is 0. The molecule has 1 heteroatoms. The van der Waals surface area contributed by atoms with Crippen LogP contribution in [0, 0.1) is 5.41 Å². The summed E-state index contributed by atoms with van der Waals surface area (Å²) in [5.41, 5.74) is 0.394. The van der Waals surface area contributed by atoms with E-state index in [1.165, 1.54) is 6.42 Å². The van der Waals surface area contributed by atoms with E-state index < -0.39 is 0 Å². The van der Waals surface area contributed by atoms with E-state index >= 15 is 0 Å². The third kappa shape index (κ3) is 3.57. The van der Waals surface area contributed by atoms with Crippen LogP contribution in [0.3, 0.4) is 0 Å². The maximum atomic E-state index is 5.74. The molecule has 0 saturated heterocycles. The predicted octanol–water partition coefficient (Wildman–Crippen LogP) is 4.38. The van der Waals surface area contributed by atoms with Crippen LogP contribution < -0.4 is 0 Å². The monoisotopic (exact) mass is 194 g/mol. The van der Waals surface area contributed by atoms with Crippen molar-refractivity contribution >= 4 is 0 Å². The minimum atomic E-state index is 0.394. The van der Waals surface area contributed by atoms with Crippen molar-refractivity contribution in [3.8, 4) is 0 Å². The van der Waals surface area contributed by atoms with Crippen LogP contribution in [0.1, 0.15) is 58.5 Å². The highest BCUT2D eigenvalue weighted by molar-refractivity contribution is 5.10. The lowest BCUT2D eigenvalue weighted by Crippen LogP contribution is -2.05. The highest BCUT2D eigenvalue weighted by Crippen LogP contribution is 2.24. The zero-order valence-electron chi connectivity index (χ0n) is 10.1. The van der Waals surface area contributed by atoms with Crippen LogP contribution in [0.2, 0.25) is 0 Å². The first-order chi connectivity index (χ1) is 6.38. The minimum Gasteiger partial charge on any atom is -0.466 e. The van der Waals surface area contributed by atoms with Gasteiger partial charge in [0.2, 0.25) is 0 Å². The summed E-state index contributed by atoms with van der Waals surface area (Å²) in [5, 5.41) is 0. The lowest BCUT2D eigenvalue weighted by molar-refractivity contribution is 0.352. The molecule has 80 valence electrons. The molecule has 14 heavy (non-hydrogen) atoms. The number of rotatable bonds is 3. The van der Waals surface area contributed by atoms with Crippen molar-refractivity contribution in [1.29, 1.82) is 0 Å². The van der Waals surface area contributed by atoms with Crippen molar-refractivity contribution in [3.05, 3.63) is 23.7 Å². The Balaban J connectivity index is 2.52. The molecule has 0 saturated carbocycles. The number of aryl methyl sites for hydroxylation is 1. The summed E-state index contributed by atoms with van der Waals surface area (Å²) in [6, 6.07) is 4.21. The van der Waals surface area contributed by atoms with Crippen molar-refractivity contribution in [2.45, 2.75) is 53.4 Å². The van der Waals surface area contributed by atoms with Gasteiger partial charge in [-0.15, -0.1) is 0 Å². The standard InChI is InChI=1S/C13H22O/c1-10(2)12-7-6-11(14-12)8-9-13(3,4)5/h6-7,10H,8-9H2,1-5H3. The molecule has 1 heterocycles. The lowest BCUT2D eigenvalue weighted by Gasteiger charge is -2.16. The van der Waals surface area contributed by atoms with Gasteiger partial charge in [0.05, 0.1) is 0 Å². The van der Waals surface area contributed by atoms with Crippen molar-refractivity contribution < 1.29 is 4.42 Å². The van der Waals surface area contributed by atoms with Gasteiger partial charge in [0.25, 0.3) is 0 Å². The summed E-state index contributed by atoms with van der Waals surface area (Å²) < 4.78 is 5.74. The number of furan rings is 1. The van der Waals surface area contributed by atoms with Gasteiger partial charge in [0.1, 0.15) is 11.5 Å². The van der Waals surface area contributed by atoms with Gasteiger partial charge >= 0.3 is 0 Å². The Morgan fingerprint density at radius 2 is 1.86 bits per heavy atom. The van der Waals surface area contributed by atoms with Crippen molar-refractivity contribution in [2.75, 3.05) is 0 Å². The van der Waals surface area contributed by atoms with E-state index in [1.54, 1.807) is 0 Å². The normalized spacial score (nSPS) is 12.4. The molecule has 0 aliphatic carbocycles. The van der Waals surface area contributed by atoms with Gasteiger partial charge in [-0.3, -0.25) is 0 Å². The van der Waals surface area contributed by atoms with Crippen LogP contribution in [0.4, 0.5) is 0 Å². The summed E-state index contributed by atoms with van der Waals surface area (Å²) in [7, 11) is 0. The van der Waals surface area contributed by atoms with Gasteiger partial charge < -0.3 is 4.42 Å². The van der Waals surface area contributed by atoms with Gasteiger partial charge in [-0.1, -0.05) is 34.6 Å². The van der Waals surface area contributed by atoms with Crippen LogP contribution in [-0.4, -0.2) is 0 Å². The Kier molecular flexibility index (Phi) is 3.41. The molecule has 0 spiro atoms. The SMILES string of the molecule is CC(C)c1ccc(CCC(C)(C)C)o1. The molecular weight excluding hydrogens is 172 g/mol. The molecule has 1 aromatic rings. The molecule has 0 radical (unpaired) electrons. The van der Waals surface area contributed by atoms with Gasteiger partial charge in [-0.25, -0.2) is 0 Å². The molecule has 0 aliphatic heterocycles. The summed E-state index contributed by atoms with van der Waals surface area (Å²) in [5.74, 6) is 2.73. The van der Waals surface area contributed by atoms with Gasteiger partial charge in [0, 0.05) is 12.3 Å². The van der Waals surface area contributed by atoms with Crippen molar-refractivity contribution in [1.82, 2.24) is 0 Å². The maximum Gasteiger partial charge on any atom is 0.106 e. The molecule has 0 fully saturated rings. The molecule has 0 aromatic carbocycles. The van der Waals surface area contributed by atoms with E-state index in [0.717, 1.165) is 17.9 Å². The largest absolute Gasteiger partial charge is 0.466 e. The Hall–Kier alpha value is -0.720. The second-order valence-corrected chi connectivity index (χ2v) is 5.52. The average molecular weight is 194 g/mol. The fourth-order valence-electron chi connectivity index (χ4n) is 1.34. The van der Waals surface area contributed by atoms with Gasteiger partial charge in [-0.05, 0) is 24.0 Å². The molecule has 0 atom stereocenters. The Morgan fingerprint density at radius 1 is 1.21 bits per heavy atom. The maximum absolute atomic E-state index is 5.74. The van der Waals surface area contributed by atoms with Crippen molar-refractivity contribution in [2.24, 2.45) is 5.41 Å². The first-order valence-electron chi connectivity index (χ1n) is 5.47. The second kappa shape index (κ2) is 4.20. The Labute approximate surface area is 87.5 Å². The fraction of sp³-hybridized carbons (Fsp3) is 0.692. The summed E-state index contributed by atoms with van der Waals surface area (Å²) in [6.45, 7) is 11.1. The molecule has 1 aromatic heterocycles. The van der Waals surface area contributed by atoms with E-state index in [4.69, 9.17) is 4.42 Å². The lowest BCUT2D eigenvalue weighted by atomic mass is 9.90. The van der Waals surface area contributed by atoms with Crippen LogP contribution in [-0.2, 0) is 6.42 Å². The van der Waals surface area contributed by atoms with Crippen molar-refractivity contribution in [3.63, 3.8) is 0 Å². The van der Waals surface area contributed by atoms with Crippen LogP contribution >= 0.6 is 0 Å². The topological polar surface area (TPSA) is 13.1 Å². The van der Waals surface area contributed by atoms with E-state index in [0.29, 0.717) is 11.3 Å². The van der Waals surface area contributed by atoms with Crippen LogP contribution in [0.25, 0.3) is 0 Å². The minimum absolute atomic E-state index is 0.394. The van der Waals surface area contributed by atoms with E-state index in [9.17, 15) is 0 Å². The fourth-order valence-corrected chi connectivity index (χ4v) is 1.34. The van der Waals surface area contributed by atoms with Gasteiger partial charge in [0.15, 0.2) is 0 Å². The first kappa shape index (κ1) is 11.4. The molecule has 0 aliphatic rings. The Morgan fingerprint density at radius 3 is 2.29 bits per heavy atom. The first-order valence-corrected chi connectivity index (χ1v) is 5.47. The third-order valence-corrected chi connectivity index (χ3v) is 2.37. The molecule has 0 bridgehead atoms. The quantitative estimate of drug-likeness (QED) is 0.696. The molecule has 0 N–H and O–H groups in total. The van der Waals surface area contributed by atoms with Crippen LogP contribution in [0.15, 0.2) is 16.5 Å². The summed E-state index contributed by atoms with van der Waals surface area (Å²) in [6.07, 6.45) is 2.23. The molecular formula is C13H22O. The zero-order chi connectivity index (χ0) is 10.8. The van der Waals surface area contributed by atoms with E-state index in [1.807, 2.05) is 0 Å². The molecule has 1 nitrogen and oxygen atoms in total. The third-order valence-electron chi connectivity index (χ3n) is 2.37. The zero-order valence-corrected chi connectivity index (χ0v) is 10.1. The van der Waals surface area contributed by atoms with E-state index in [-0.39, 0.29) is 0 Å². The van der Waals surface area contributed by atoms with Gasteiger partial charge in [-0.2, -0.15) is 0 Å². The second-order valence-electron chi connectivity index (χ2n) is 5.52. The summed E-state index contributed by atoms with van der Waals surface area (Å²) >= 11 is 0. The van der Waals surface area contributed by atoms with E-state index in [2.05, 4.69) is 46.8 Å². The molecule has 0 amide bonds. The Bertz CT molecular complexity index is 276.